The number of hydrogen-bond donors (Lipinski definition) is 1. The first-order valence-electron chi connectivity index (χ1n) is 15.7. The summed E-state index contributed by atoms with van der Waals surface area (Å²) in [6.07, 6.45) is -5.48. The van der Waals surface area contributed by atoms with Crippen molar-refractivity contribution in [1.29, 1.82) is 0 Å². The number of carbonyl (C=O) groups is 2. The third-order valence-corrected chi connectivity index (χ3v) is 13.0. The molecule has 0 radical (unpaired) electrons. The fraction of sp³-hybridized carbons (Fsp3) is 0.444. The van der Waals surface area contributed by atoms with Gasteiger partial charge in [-0.15, -0.1) is 0 Å². The molecule has 2 unspecified atom stereocenters. The van der Waals surface area contributed by atoms with E-state index in [1.807, 2.05) is 42.5 Å². The summed E-state index contributed by atoms with van der Waals surface area (Å²) in [5.41, 5.74) is 0.754. The lowest BCUT2D eigenvalue weighted by Crippen LogP contribution is -2.67. The predicted molar refractivity (Wildman–Crippen MR) is 178 cm³/mol. The predicted octanol–water partition coefficient (Wildman–Crippen LogP) is 5.97. The number of rotatable bonds is 16. The van der Waals surface area contributed by atoms with Crippen LogP contribution in [0.25, 0.3) is 0 Å². The Bertz CT molecular complexity index is 1330. The smallest absolute Gasteiger partial charge is 0.410 e. The molecule has 46 heavy (non-hydrogen) atoms. The molecule has 0 saturated carbocycles. The number of ether oxygens (including phenoxy) is 2. The van der Waals surface area contributed by atoms with Gasteiger partial charge in [0.25, 0.3) is 8.32 Å². The summed E-state index contributed by atoms with van der Waals surface area (Å²) < 4.78 is 47.8. The second-order valence-electron chi connectivity index (χ2n) is 12.6. The number of amides is 1. The normalized spacial score (nSPS) is 13.7. The average molecular weight is 656 g/mol. The molecule has 250 valence electrons. The molecule has 3 aromatic carbocycles. The first kappa shape index (κ1) is 37.0. The summed E-state index contributed by atoms with van der Waals surface area (Å²) in [6, 6.07) is 28.7. The number of ketones is 1. The van der Waals surface area contributed by atoms with Gasteiger partial charge >= 0.3 is 12.0 Å². The minimum absolute atomic E-state index is 0.0181. The minimum atomic E-state index is -4.13. The van der Waals surface area contributed by atoms with E-state index in [9.17, 15) is 23.5 Å². The molecule has 0 aliphatic heterocycles. The van der Waals surface area contributed by atoms with E-state index in [0.29, 0.717) is 0 Å². The molecule has 0 spiro atoms. The number of nitrogens with zero attached hydrogens (tertiary/aromatic N) is 1. The Morgan fingerprint density at radius 3 is 1.83 bits per heavy atom. The van der Waals surface area contributed by atoms with Crippen molar-refractivity contribution in [3.63, 3.8) is 0 Å². The highest BCUT2D eigenvalue weighted by Gasteiger charge is 2.51. The van der Waals surface area contributed by atoms with Crippen LogP contribution in [0.2, 0.25) is 5.04 Å². The summed E-state index contributed by atoms with van der Waals surface area (Å²) in [5, 5.41) is 11.8. The van der Waals surface area contributed by atoms with E-state index in [-0.39, 0.29) is 31.2 Å². The molecule has 10 heteroatoms. The standard InChI is InChI=1S/C36H47F2NO6Si/c1-7-32(40)36(37,38)33(41)31(26-43-25-28-17-11-8-12-18-28)45-34(42)39(27(2)3)23-24-44-46(35(4,5)6,29-19-13-9-14-20-29)30-21-15-10-16-22-30/h8-22,27,31-32,40H,7,23-26H2,1-6H3. The van der Waals surface area contributed by atoms with E-state index in [4.69, 9.17) is 13.9 Å². The van der Waals surface area contributed by atoms with Gasteiger partial charge in [-0.1, -0.05) is 119 Å². The molecule has 0 bridgehead atoms. The summed E-state index contributed by atoms with van der Waals surface area (Å²) in [5.74, 6) is -5.85. The number of halogens is 2. The van der Waals surface area contributed by atoms with Crippen molar-refractivity contribution < 1.29 is 37.4 Å². The second-order valence-corrected chi connectivity index (χ2v) is 16.9. The van der Waals surface area contributed by atoms with Crippen LogP contribution in [0.3, 0.4) is 0 Å². The van der Waals surface area contributed by atoms with E-state index < -0.39 is 51.0 Å². The molecule has 7 nitrogen and oxygen atoms in total. The van der Waals surface area contributed by atoms with Gasteiger partial charge in [0.05, 0.1) is 19.8 Å². The van der Waals surface area contributed by atoms with Crippen LogP contribution in [0.5, 0.6) is 0 Å². The summed E-state index contributed by atoms with van der Waals surface area (Å²) in [6.45, 7) is 10.9. The Hall–Kier alpha value is -3.44. The Morgan fingerprint density at radius 2 is 1.37 bits per heavy atom. The first-order chi connectivity index (χ1) is 21.8. The van der Waals surface area contributed by atoms with Gasteiger partial charge in [-0.2, -0.15) is 8.78 Å². The van der Waals surface area contributed by atoms with Crippen molar-refractivity contribution >= 4 is 30.6 Å². The van der Waals surface area contributed by atoms with E-state index in [0.717, 1.165) is 15.9 Å². The SMILES string of the molecule is CCC(O)C(F)(F)C(=O)C(COCc1ccccc1)OC(=O)N(CCO[Si](c1ccccc1)(c1ccccc1)C(C)(C)C)C(C)C. The van der Waals surface area contributed by atoms with Gasteiger partial charge in [0.15, 0.2) is 6.10 Å². The fourth-order valence-electron chi connectivity index (χ4n) is 5.46. The van der Waals surface area contributed by atoms with Crippen LogP contribution >= 0.6 is 0 Å². The van der Waals surface area contributed by atoms with Crippen LogP contribution in [0.15, 0.2) is 91.0 Å². The highest BCUT2D eigenvalue weighted by atomic mass is 28.4. The first-order valence-corrected chi connectivity index (χ1v) is 17.6. The molecule has 1 amide bonds. The van der Waals surface area contributed by atoms with E-state index in [1.165, 1.54) is 11.8 Å². The summed E-state index contributed by atoms with van der Waals surface area (Å²) in [4.78, 5) is 27.9. The van der Waals surface area contributed by atoms with Crippen molar-refractivity contribution in [1.82, 2.24) is 4.90 Å². The molecule has 3 rings (SSSR count). The zero-order valence-corrected chi connectivity index (χ0v) is 28.6. The van der Waals surface area contributed by atoms with E-state index >= 15 is 0 Å². The van der Waals surface area contributed by atoms with Crippen LogP contribution in [-0.4, -0.2) is 74.1 Å². The monoisotopic (exact) mass is 655 g/mol. The molecule has 0 fully saturated rings. The highest BCUT2D eigenvalue weighted by Crippen LogP contribution is 2.36. The topological polar surface area (TPSA) is 85.3 Å². The number of Topliss-reactive ketones (excluding diaryl/α,β-unsaturated/α-hetero) is 1. The van der Waals surface area contributed by atoms with E-state index in [1.54, 1.807) is 38.1 Å². The van der Waals surface area contributed by atoms with Gasteiger partial charge in [0.1, 0.15) is 6.10 Å². The molecule has 0 heterocycles. The third kappa shape index (κ3) is 8.88. The maximum absolute atomic E-state index is 14.9. The lowest BCUT2D eigenvalue weighted by atomic mass is 10.0. The van der Waals surface area contributed by atoms with Crippen molar-refractivity contribution in [2.24, 2.45) is 0 Å². The average Bonchev–Trinajstić information content (AvgIpc) is 3.04. The largest absolute Gasteiger partial charge is 0.435 e. The van der Waals surface area contributed by atoms with Crippen molar-refractivity contribution in [3.05, 3.63) is 96.6 Å². The minimum Gasteiger partial charge on any atom is -0.435 e. The van der Waals surface area contributed by atoms with Crippen LogP contribution in [-0.2, 0) is 25.3 Å². The van der Waals surface area contributed by atoms with Gasteiger partial charge in [0, 0.05) is 12.6 Å². The van der Waals surface area contributed by atoms with Crippen molar-refractivity contribution in [2.75, 3.05) is 19.8 Å². The fourth-order valence-corrected chi connectivity index (χ4v) is 10.0. The maximum atomic E-state index is 14.9. The number of alkyl halides is 2. The van der Waals surface area contributed by atoms with Crippen LogP contribution < -0.4 is 10.4 Å². The zero-order valence-electron chi connectivity index (χ0n) is 27.6. The number of hydrogen-bond acceptors (Lipinski definition) is 6. The molecule has 3 aromatic rings. The molecular weight excluding hydrogens is 608 g/mol. The Balaban J connectivity index is 1.84. The molecule has 0 aliphatic rings. The molecular formula is C36H47F2NO6Si. The maximum Gasteiger partial charge on any atom is 0.410 e. The summed E-state index contributed by atoms with van der Waals surface area (Å²) in [7, 11) is -2.91. The molecule has 2 atom stereocenters. The van der Waals surface area contributed by atoms with Crippen molar-refractivity contribution in [3.8, 4) is 0 Å². The van der Waals surface area contributed by atoms with Gasteiger partial charge in [-0.25, -0.2) is 4.79 Å². The Morgan fingerprint density at radius 1 is 0.870 bits per heavy atom. The summed E-state index contributed by atoms with van der Waals surface area (Å²) >= 11 is 0. The van der Waals surface area contributed by atoms with Crippen LogP contribution in [0, 0.1) is 0 Å². The quantitative estimate of drug-likeness (QED) is 0.192. The number of aliphatic hydroxyl groups is 1. The van der Waals surface area contributed by atoms with Crippen LogP contribution in [0.4, 0.5) is 13.6 Å². The molecule has 0 aromatic heterocycles. The van der Waals surface area contributed by atoms with Gasteiger partial charge in [-0.3, -0.25) is 4.79 Å². The third-order valence-electron chi connectivity index (χ3n) is 7.98. The molecule has 0 aliphatic carbocycles. The lowest BCUT2D eigenvalue weighted by molar-refractivity contribution is -0.173. The van der Waals surface area contributed by atoms with Gasteiger partial charge in [0.2, 0.25) is 5.78 Å². The van der Waals surface area contributed by atoms with Crippen molar-refractivity contribution in [2.45, 2.75) is 83.8 Å². The second kappa shape index (κ2) is 16.4. The Kier molecular flexibility index (Phi) is 13.2. The zero-order chi connectivity index (χ0) is 34.0. The number of benzene rings is 3. The van der Waals surface area contributed by atoms with E-state index in [2.05, 4.69) is 45.0 Å². The number of aliphatic hydroxyl groups excluding tert-OH is 1. The molecule has 1 N–H and O–H groups in total. The van der Waals surface area contributed by atoms with Gasteiger partial charge in [-0.05, 0) is 41.2 Å². The Labute approximate surface area is 272 Å². The molecule has 0 saturated heterocycles. The van der Waals surface area contributed by atoms with Crippen LogP contribution in [0.1, 0.15) is 53.5 Å². The van der Waals surface area contributed by atoms with Gasteiger partial charge < -0.3 is 23.9 Å². The number of carbonyl (C=O) groups excluding carboxylic acids is 2. The lowest BCUT2D eigenvalue weighted by Gasteiger charge is -2.43. The highest BCUT2D eigenvalue weighted by molar-refractivity contribution is 6.99.